The molecular formula is C35H47N2O5P. The smallest absolute Gasteiger partial charge is 0.373 e. The topological polar surface area (TPSA) is 119 Å². The van der Waals surface area contributed by atoms with Crippen molar-refractivity contribution < 1.29 is 23.6 Å². The van der Waals surface area contributed by atoms with Crippen LogP contribution < -0.4 is 15.6 Å². The second-order valence-electron chi connectivity index (χ2n) is 15.0. The highest BCUT2D eigenvalue weighted by atomic mass is 31.2. The zero-order valence-electron chi connectivity index (χ0n) is 26.3. The molecule has 2 amide bonds. The molecule has 0 aromatic heterocycles. The number of hydrogen-bond donors (Lipinski definition) is 3. The zero-order valence-corrected chi connectivity index (χ0v) is 27.2. The number of anilines is 1. The molecule has 0 aliphatic heterocycles. The van der Waals surface area contributed by atoms with Gasteiger partial charge in [-0.2, -0.15) is 0 Å². The number of carbonyl (C=O) groups excluding carboxylic acids is 2. The van der Waals surface area contributed by atoms with E-state index in [1.165, 1.54) is 23.4 Å². The maximum Gasteiger partial charge on any atom is 0.373 e. The van der Waals surface area contributed by atoms with E-state index in [-0.39, 0.29) is 34.5 Å². The number of nitrogens with two attached hydrogens (primary N) is 1. The first-order chi connectivity index (χ1) is 20.1. The number of nitrogen functional groups attached to an aromatic ring is 1. The monoisotopic (exact) mass is 606 g/mol. The molecule has 7 nitrogen and oxygen atoms in total. The van der Waals surface area contributed by atoms with E-state index >= 15 is 0 Å². The van der Waals surface area contributed by atoms with Crippen molar-refractivity contribution in [3.8, 4) is 5.75 Å². The van der Waals surface area contributed by atoms with Crippen LogP contribution in [0.4, 0.5) is 5.69 Å². The highest BCUT2D eigenvalue weighted by molar-refractivity contribution is 7.52. The number of imide groups is 1. The number of aryl methyl sites for hydroxylation is 2. The Hall–Kier alpha value is -2.63. The molecule has 4 aliphatic rings. The lowest BCUT2D eigenvalue weighted by molar-refractivity contribution is -0.150. The predicted octanol–water partition coefficient (Wildman–Crippen LogP) is 6.83. The Morgan fingerprint density at radius 1 is 0.837 bits per heavy atom. The molecule has 0 heterocycles. The lowest BCUT2D eigenvalue weighted by Crippen LogP contribution is -2.60. The molecule has 0 radical (unpaired) electrons. The van der Waals surface area contributed by atoms with Crippen molar-refractivity contribution in [1.82, 2.24) is 5.32 Å². The molecule has 4 N–H and O–H groups in total. The van der Waals surface area contributed by atoms with Gasteiger partial charge in [-0.1, -0.05) is 52.7 Å². The standard InChI is InChI=1S/C35H47N2O5P/c1-32-16-6-18-34(3,28(32)14-10-22-8-12-24(36)20-26(22)32)30(38)37-31(39)35(4)19-7-17-33(2)27-21-25(42-43(5,40)41)13-9-23(27)11-15-29(33)35/h8-9,12-13,20-21,28-29H,6-7,10-11,14-19,36H2,1-5H3,(H,40,41)(H,37,38,39)/t28-,29-,32-,33-,34+,35+/m1/s1. The van der Waals surface area contributed by atoms with Gasteiger partial charge in [-0.05, 0) is 121 Å². The molecule has 0 spiro atoms. The fourth-order valence-electron chi connectivity index (χ4n) is 10.1. The van der Waals surface area contributed by atoms with Crippen molar-refractivity contribution in [2.24, 2.45) is 22.7 Å². The molecule has 6 rings (SSSR count). The second-order valence-corrected chi connectivity index (χ2v) is 16.8. The van der Waals surface area contributed by atoms with E-state index < -0.39 is 18.4 Å². The molecule has 0 bridgehead atoms. The zero-order chi connectivity index (χ0) is 31.0. The lowest BCUT2D eigenvalue weighted by atomic mass is 9.49. The summed E-state index contributed by atoms with van der Waals surface area (Å²) in [5.41, 5.74) is 10.0. The lowest BCUT2D eigenvalue weighted by Gasteiger charge is -2.56. The van der Waals surface area contributed by atoms with Crippen LogP contribution in [0.2, 0.25) is 0 Å². The van der Waals surface area contributed by atoms with Crippen LogP contribution in [-0.2, 0) is 37.8 Å². The number of hydrogen-bond acceptors (Lipinski definition) is 5. The fraction of sp³-hybridized carbons (Fsp3) is 0.600. The quantitative estimate of drug-likeness (QED) is 0.200. The number of fused-ring (bicyclic) bond motifs is 6. The molecule has 2 fully saturated rings. The Kier molecular flexibility index (Phi) is 7.21. The third-order valence-corrected chi connectivity index (χ3v) is 12.8. The van der Waals surface area contributed by atoms with Gasteiger partial charge in [-0.25, -0.2) is 4.57 Å². The summed E-state index contributed by atoms with van der Waals surface area (Å²) in [6.45, 7) is 9.82. The normalized spacial score (nSPS) is 36.1. The van der Waals surface area contributed by atoms with Crippen LogP contribution in [0.25, 0.3) is 0 Å². The molecule has 0 saturated heterocycles. The van der Waals surface area contributed by atoms with Crippen LogP contribution in [-0.4, -0.2) is 23.4 Å². The average molecular weight is 607 g/mol. The highest BCUT2D eigenvalue weighted by Crippen LogP contribution is 2.60. The molecule has 1 unspecified atom stereocenters. The maximum atomic E-state index is 14.3. The summed E-state index contributed by atoms with van der Waals surface area (Å²) in [5, 5.41) is 3.01. The third kappa shape index (κ3) is 4.86. The van der Waals surface area contributed by atoms with Crippen molar-refractivity contribution in [2.45, 2.75) is 103 Å². The summed E-state index contributed by atoms with van der Waals surface area (Å²) in [6.07, 6.45) is 8.71. The summed E-state index contributed by atoms with van der Waals surface area (Å²) >= 11 is 0. The Bertz CT molecular complexity index is 1530. The molecule has 43 heavy (non-hydrogen) atoms. The summed E-state index contributed by atoms with van der Waals surface area (Å²) in [7, 11) is -3.70. The van der Waals surface area contributed by atoms with E-state index in [0.29, 0.717) is 5.75 Å². The first-order valence-corrected chi connectivity index (χ1v) is 18.0. The van der Waals surface area contributed by atoms with E-state index in [1.54, 1.807) is 6.07 Å². The van der Waals surface area contributed by atoms with E-state index in [0.717, 1.165) is 75.5 Å². The number of carbonyl (C=O) groups is 2. The van der Waals surface area contributed by atoms with Crippen LogP contribution >= 0.6 is 7.60 Å². The minimum atomic E-state index is -3.70. The molecule has 2 aromatic rings. The van der Waals surface area contributed by atoms with Crippen LogP contribution in [0.15, 0.2) is 36.4 Å². The summed E-state index contributed by atoms with van der Waals surface area (Å²) in [6, 6.07) is 11.9. The minimum Gasteiger partial charge on any atom is -0.425 e. The van der Waals surface area contributed by atoms with Gasteiger partial charge in [0.1, 0.15) is 5.75 Å². The van der Waals surface area contributed by atoms with Gasteiger partial charge in [0.15, 0.2) is 0 Å². The van der Waals surface area contributed by atoms with Gasteiger partial charge in [-0.15, -0.1) is 0 Å². The van der Waals surface area contributed by atoms with Crippen molar-refractivity contribution >= 4 is 25.1 Å². The van der Waals surface area contributed by atoms with Gasteiger partial charge >= 0.3 is 7.60 Å². The first kappa shape index (κ1) is 30.4. The van der Waals surface area contributed by atoms with Gasteiger partial charge < -0.3 is 15.2 Å². The number of rotatable bonds is 4. The van der Waals surface area contributed by atoms with Crippen LogP contribution in [0.3, 0.4) is 0 Å². The molecule has 8 heteroatoms. The second kappa shape index (κ2) is 10.2. The molecule has 2 aromatic carbocycles. The number of nitrogens with one attached hydrogen (secondary N) is 1. The van der Waals surface area contributed by atoms with Gasteiger partial charge in [0, 0.05) is 12.4 Å². The average Bonchev–Trinajstić information content (AvgIpc) is 2.92. The summed E-state index contributed by atoms with van der Waals surface area (Å²) in [4.78, 5) is 38.4. The molecule has 4 aliphatic carbocycles. The molecule has 2 saturated carbocycles. The summed E-state index contributed by atoms with van der Waals surface area (Å²) in [5.74, 6) is 0.238. The van der Waals surface area contributed by atoms with Crippen LogP contribution in [0, 0.1) is 22.7 Å². The maximum absolute atomic E-state index is 14.3. The number of amides is 2. The van der Waals surface area contributed by atoms with Crippen molar-refractivity contribution in [3.05, 3.63) is 58.7 Å². The molecule has 232 valence electrons. The SMILES string of the molecule is C[C@]1(C(=O)NC(=O)[C@@]2(C)CCC[C@]3(C)c4cc(OP(C)(=O)O)ccc4CC[C@@H]23)CCC[C@]2(C)c3cc(N)ccc3CC[C@@H]12. The number of benzene rings is 2. The fourth-order valence-corrected chi connectivity index (χ4v) is 10.6. The Balaban J connectivity index is 1.27. The van der Waals surface area contributed by atoms with E-state index in [2.05, 4.69) is 38.2 Å². The van der Waals surface area contributed by atoms with Crippen molar-refractivity contribution in [1.29, 1.82) is 0 Å². The summed E-state index contributed by atoms with van der Waals surface area (Å²) < 4.78 is 17.4. The highest BCUT2D eigenvalue weighted by Gasteiger charge is 2.58. The molecule has 7 atom stereocenters. The van der Waals surface area contributed by atoms with Crippen LogP contribution in [0.1, 0.15) is 101 Å². The van der Waals surface area contributed by atoms with Gasteiger partial charge in [-0.3, -0.25) is 14.9 Å². The minimum absolute atomic E-state index is 0.0285. The van der Waals surface area contributed by atoms with Gasteiger partial charge in [0.2, 0.25) is 11.8 Å². The van der Waals surface area contributed by atoms with Crippen molar-refractivity contribution in [2.75, 3.05) is 12.4 Å². The first-order valence-electron chi connectivity index (χ1n) is 16.0. The van der Waals surface area contributed by atoms with Crippen LogP contribution in [0.5, 0.6) is 5.75 Å². The largest absolute Gasteiger partial charge is 0.425 e. The Morgan fingerprint density at radius 2 is 1.33 bits per heavy atom. The molecular weight excluding hydrogens is 559 g/mol. The van der Waals surface area contributed by atoms with Gasteiger partial charge in [0.25, 0.3) is 0 Å². The van der Waals surface area contributed by atoms with Gasteiger partial charge in [0.05, 0.1) is 10.8 Å². The van der Waals surface area contributed by atoms with E-state index in [9.17, 15) is 19.0 Å². The third-order valence-electron chi connectivity index (χ3n) is 12.3. The Morgan fingerprint density at radius 3 is 1.84 bits per heavy atom. The van der Waals surface area contributed by atoms with E-state index in [1.807, 2.05) is 25.1 Å². The predicted molar refractivity (Wildman–Crippen MR) is 169 cm³/mol. The Labute approximate surface area is 255 Å². The van der Waals surface area contributed by atoms with E-state index in [4.69, 9.17) is 10.3 Å². The van der Waals surface area contributed by atoms with Crippen molar-refractivity contribution in [3.63, 3.8) is 0 Å².